The molecule has 2 fully saturated rings. The van der Waals surface area contributed by atoms with Gasteiger partial charge in [-0.15, -0.1) is 0 Å². The summed E-state index contributed by atoms with van der Waals surface area (Å²) in [6, 6.07) is 0. The van der Waals surface area contributed by atoms with Crippen LogP contribution in [0, 0.1) is 16.7 Å². The van der Waals surface area contributed by atoms with Gasteiger partial charge in [-0.05, 0) is 75.8 Å². The molecule has 1 saturated carbocycles. The molecule has 0 amide bonds. The van der Waals surface area contributed by atoms with Crippen LogP contribution in [0.1, 0.15) is 72.6 Å². The van der Waals surface area contributed by atoms with Crippen LogP contribution in [0.15, 0.2) is 0 Å². The Balaban J connectivity index is 1.87. The maximum Gasteiger partial charge on any atom is 0.0614 e. The van der Waals surface area contributed by atoms with Crippen LogP contribution in [0.5, 0.6) is 0 Å². The molecule has 2 nitrogen and oxygen atoms in total. The number of rotatable bonds is 3. The lowest BCUT2D eigenvalue weighted by Crippen LogP contribution is -2.51. The van der Waals surface area contributed by atoms with Gasteiger partial charge < -0.3 is 0 Å². The van der Waals surface area contributed by atoms with Crippen molar-refractivity contribution in [3.8, 4) is 0 Å². The highest BCUT2D eigenvalue weighted by Gasteiger charge is 2.41. The first-order chi connectivity index (χ1) is 9.77. The maximum atomic E-state index is 2.72. The van der Waals surface area contributed by atoms with Crippen molar-refractivity contribution >= 4 is 0 Å². The van der Waals surface area contributed by atoms with Gasteiger partial charge in [0.25, 0.3) is 0 Å². The van der Waals surface area contributed by atoms with Crippen molar-refractivity contribution in [3.63, 3.8) is 0 Å². The molecule has 1 unspecified atom stereocenters. The first kappa shape index (κ1) is 17.3. The number of nitrogens with zero attached hydrogens (tertiary/aromatic N) is 2. The number of piperidine rings is 1. The SMILES string of the molecule is CCC(N(C)C)N1CCC2(CCC(C(C)(C)C)CC2)CC1. The van der Waals surface area contributed by atoms with Crippen molar-refractivity contribution in [2.45, 2.75) is 78.8 Å². The third-order valence-corrected chi connectivity index (χ3v) is 6.51. The highest BCUT2D eigenvalue weighted by Crippen LogP contribution is 2.50. The zero-order valence-corrected chi connectivity index (χ0v) is 15.4. The summed E-state index contributed by atoms with van der Waals surface area (Å²) in [5, 5.41) is 0. The van der Waals surface area contributed by atoms with Gasteiger partial charge in [-0.25, -0.2) is 0 Å². The van der Waals surface area contributed by atoms with Crippen molar-refractivity contribution in [2.24, 2.45) is 16.7 Å². The molecule has 0 aromatic rings. The van der Waals surface area contributed by atoms with Gasteiger partial charge in [-0.3, -0.25) is 9.80 Å². The molecule has 2 rings (SSSR count). The van der Waals surface area contributed by atoms with E-state index in [1.807, 2.05) is 0 Å². The Hall–Kier alpha value is -0.0800. The van der Waals surface area contributed by atoms with Gasteiger partial charge >= 0.3 is 0 Å². The highest BCUT2D eigenvalue weighted by atomic mass is 15.3. The minimum Gasteiger partial charge on any atom is -0.294 e. The summed E-state index contributed by atoms with van der Waals surface area (Å²) in [4.78, 5) is 5.12. The van der Waals surface area contributed by atoms with Crippen LogP contribution in [0.2, 0.25) is 0 Å². The second-order valence-corrected chi connectivity index (χ2v) is 9.03. The summed E-state index contributed by atoms with van der Waals surface area (Å²) < 4.78 is 0. The van der Waals surface area contributed by atoms with E-state index in [1.54, 1.807) is 0 Å². The standard InChI is InChI=1S/C19H38N2/c1-7-17(20(5)6)21-14-12-19(13-15-21)10-8-16(9-11-19)18(2,3)4/h16-17H,7-15H2,1-6H3. The fourth-order valence-corrected chi connectivity index (χ4v) is 4.84. The summed E-state index contributed by atoms with van der Waals surface area (Å²) >= 11 is 0. The Morgan fingerprint density at radius 3 is 1.95 bits per heavy atom. The average Bonchev–Trinajstić information content (AvgIpc) is 2.41. The van der Waals surface area contributed by atoms with Gasteiger partial charge in [0.2, 0.25) is 0 Å². The third-order valence-electron chi connectivity index (χ3n) is 6.51. The van der Waals surface area contributed by atoms with E-state index in [9.17, 15) is 0 Å². The van der Waals surface area contributed by atoms with Gasteiger partial charge in [0, 0.05) is 13.1 Å². The highest BCUT2D eigenvalue weighted by molar-refractivity contribution is 4.93. The predicted octanol–water partition coefficient (Wildman–Crippen LogP) is 4.60. The van der Waals surface area contributed by atoms with Crippen molar-refractivity contribution < 1.29 is 0 Å². The topological polar surface area (TPSA) is 6.48 Å². The van der Waals surface area contributed by atoms with E-state index >= 15 is 0 Å². The fraction of sp³-hybridized carbons (Fsp3) is 1.00. The summed E-state index contributed by atoms with van der Waals surface area (Å²) in [5.74, 6) is 0.950. The molecule has 1 aliphatic heterocycles. The smallest absolute Gasteiger partial charge is 0.0614 e. The minimum absolute atomic E-state index is 0.514. The molecule has 0 aromatic heterocycles. The summed E-state index contributed by atoms with van der Waals surface area (Å²) in [6.45, 7) is 12.3. The largest absolute Gasteiger partial charge is 0.294 e. The van der Waals surface area contributed by atoms with Gasteiger partial charge in [0.05, 0.1) is 6.17 Å². The Morgan fingerprint density at radius 2 is 1.57 bits per heavy atom. The molecule has 21 heavy (non-hydrogen) atoms. The van der Waals surface area contributed by atoms with Crippen molar-refractivity contribution in [2.75, 3.05) is 27.2 Å². The molecule has 2 heteroatoms. The Morgan fingerprint density at radius 1 is 1.05 bits per heavy atom. The molecule has 0 aromatic carbocycles. The Kier molecular flexibility index (Phi) is 5.41. The van der Waals surface area contributed by atoms with Crippen molar-refractivity contribution in [1.29, 1.82) is 0 Å². The first-order valence-electron chi connectivity index (χ1n) is 9.18. The van der Waals surface area contributed by atoms with E-state index in [1.165, 1.54) is 58.0 Å². The van der Waals surface area contributed by atoms with Gasteiger partial charge in [-0.2, -0.15) is 0 Å². The lowest BCUT2D eigenvalue weighted by atomic mass is 9.61. The van der Waals surface area contributed by atoms with E-state index in [0.717, 1.165) is 5.92 Å². The zero-order chi connectivity index (χ0) is 15.7. The molecule has 0 radical (unpaired) electrons. The zero-order valence-electron chi connectivity index (χ0n) is 15.4. The Labute approximate surface area is 133 Å². The second kappa shape index (κ2) is 6.58. The molecule has 1 saturated heterocycles. The van der Waals surface area contributed by atoms with E-state index in [2.05, 4.69) is 51.6 Å². The van der Waals surface area contributed by atoms with Gasteiger partial charge in [0.15, 0.2) is 0 Å². The second-order valence-electron chi connectivity index (χ2n) is 9.03. The average molecular weight is 295 g/mol. The van der Waals surface area contributed by atoms with Crippen LogP contribution in [0.3, 0.4) is 0 Å². The van der Waals surface area contributed by atoms with E-state index in [-0.39, 0.29) is 0 Å². The quantitative estimate of drug-likeness (QED) is 0.750. The molecular formula is C19H38N2. The summed E-state index contributed by atoms with van der Waals surface area (Å²) in [5.41, 5.74) is 1.21. The van der Waals surface area contributed by atoms with Crippen LogP contribution >= 0.6 is 0 Å². The lowest BCUT2D eigenvalue weighted by molar-refractivity contribution is -0.0143. The van der Waals surface area contributed by atoms with Gasteiger partial charge in [0.1, 0.15) is 0 Å². The number of hydrogen-bond donors (Lipinski definition) is 0. The number of likely N-dealkylation sites (tertiary alicyclic amines) is 1. The lowest BCUT2D eigenvalue weighted by Gasteiger charge is -2.50. The molecular weight excluding hydrogens is 256 g/mol. The maximum absolute atomic E-state index is 2.72. The van der Waals surface area contributed by atoms with Crippen molar-refractivity contribution in [1.82, 2.24) is 9.80 Å². The molecule has 0 N–H and O–H groups in total. The molecule has 2 aliphatic rings. The summed E-state index contributed by atoms with van der Waals surface area (Å²) in [7, 11) is 4.46. The molecule has 1 heterocycles. The summed E-state index contributed by atoms with van der Waals surface area (Å²) in [6.07, 6.45) is 10.7. The monoisotopic (exact) mass is 294 g/mol. The third kappa shape index (κ3) is 4.01. The van der Waals surface area contributed by atoms with Crippen LogP contribution in [0.25, 0.3) is 0 Å². The molecule has 1 atom stereocenters. The minimum atomic E-state index is 0.514. The van der Waals surface area contributed by atoms with Crippen molar-refractivity contribution in [3.05, 3.63) is 0 Å². The Bertz CT molecular complexity index is 311. The molecule has 0 bridgehead atoms. The normalized spacial score (nSPS) is 26.4. The van der Waals surface area contributed by atoms with Crippen LogP contribution in [-0.2, 0) is 0 Å². The van der Waals surface area contributed by atoms with Crippen LogP contribution in [0.4, 0.5) is 0 Å². The molecule has 1 spiro atoms. The van der Waals surface area contributed by atoms with Gasteiger partial charge in [-0.1, -0.05) is 27.7 Å². The predicted molar refractivity (Wildman–Crippen MR) is 92.4 cm³/mol. The van der Waals surface area contributed by atoms with Crippen LogP contribution < -0.4 is 0 Å². The number of hydrogen-bond acceptors (Lipinski definition) is 2. The first-order valence-corrected chi connectivity index (χ1v) is 9.18. The van der Waals surface area contributed by atoms with E-state index in [4.69, 9.17) is 0 Å². The van der Waals surface area contributed by atoms with Crippen LogP contribution in [-0.4, -0.2) is 43.2 Å². The fourth-order valence-electron chi connectivity index (χ4n) is 4.84. The van der Waals surface area contributed by atoms with E-state index < -0.39 is 0 Å². The van der Waals surface area contributed by atoms with E-state index in [0.29, 0.717) is 17.0 Å². The molecule has 124 valence electrons. The molecule has 1 aliphatic carbocycles.